The molecule has 0 aliphatic carbocycles. The molecule has 0 saturated carbocycles. The SMILES string of the molecule is CCOC(=O)C(C)N=Nc1ccc(OCc2ccccc2)c(NC=O)c1. The summed E-state index contributed by atoms with van der Waals surface area (Å²) in [7, 11) is 0. The smallest absolute Gasteiger partial charge is 0.332 e. The first-order valence-electron chi connectivity index (χ1n) is 8.22. The van der Waals surface area contributed by atoms with Crippen LogP contribution in [0.1, 0.15) is 19.4 Å². The summed E-state index contributed by atoms with van der Waals surface area (Å²) in [6.07, 6.45) is 0.562. The molecule has 0 spiro atoms. The van der Waals surface area contributed by atoms with E-state index in [4.69, 9.17) is 9.47 Å². The molecular weight excluding hydrogens is 334 g/mol. The van der Waals surface area contributed by atoms with Crippen LogP contribution in [0.4, 0.5) is 11.4 Å². The van der Waals surface area contributed by atoms with Gasteiger partial charge >= 0.3 is 5.97 Å². The van der Waals surface area contributed by atoms with E-state index >= 15 is 0 Å². The Hall–Kier alpha value is -3.22. The molecule has 1 atom stereocenters. The van der Waals surface area contributed by atoms with Crippen LogP contribution in [0.25, 0.3) is 0 Å². The normalized spacial score (nSPS) is 11.8. The van der Waals surface area contributed by atoms with Crippen molar-refractivity contribution in [3.8, 4) is 5.75 Å². The first-order valence-corrected chi connectivity index (χ1v) is 8.22. The highest BCUT2D eigenvalue weighted by Gasteiger charge is 2.12. The number of ether oxygens (including phenoxy) is 2. The van der Waals surface area contributed by atoms with E-state index in [-0.39, 0.29) is 0 Å². The zero-order valence-corrected chi connectivity index (χ0v) is 14.7. The minimum absolute atomic E-state index is 0.291. The van der Waals surface area contributed by atoms with Gasteiger partial charge in [-0.25, -0.2) is 4.79 Å². The Morgan fingerprint density at radius 3 is 2.69 bits per heavy atom. The molecule has 26 heavy (non-hydrogen) atoms. The lowest BCUT2D eigenvalue weighted by atomic mass is 10.2. The van der Waals surface area contributed by atoms with E-state index in [1.165, 1.54) is 0 Å². The maximum Gasteiger partial charge on any atom is 0.332 e. The van der Waals surface area contributed by atoms with E-state index in [0.29, 0.717) is 36.7 Å². The molecule has 2 rings (SSSR count). The maximum atomic E-state index is 11.6. The highest BCUT2D eigenvalue weighted by molar-refractivity contribution is 5.77. The van der Waals surface area contributed by atoms with Crippen molar-refractivity contribution in [1.82, 2.24) is 0 Å². The number of carbonyl (C=O) groups excluding carboxylic acids is 2. The van der Waals surface area contributed by atoms with Gasteiger partial charge in [-0.1, -0.05) is 30.3 Å². The van der Waals surface area contributed by atoms with Crippen molar-refractivity contribution in [3.05, 3.63) is 54.1 Å². The summed E-state index contributed by atoms with van der Waals surface area (Å²) < 4.78 is 10.6. The van der Waals surface area contributed by atoms with Crippen LogP contribution < -0.4 is 10.1 Å². The Bertz CT molecular complexity index is 763. The van der Waals surface area contributed by atoms with Crippen LogP contribution in [0.3, 0.4) is 0 Å². The predicted octanol–water partition coefficient (Wildman–Crippen LogP) is 3.87. The first kappa shape index (κ1) is 19.1. The van der Waals surface area contributed by atoms with Gasteiger partial charge in [-0.15, -0.1) is 0 Å². The van der Waals surface area contributed by atoms with E-state index < -0.39 is 12.0 Å². The molecule has 2 aromatic carbocycles. The number of hydrogen-bond acceptors (Lipinski definition) is 6. The topological polar surface area (TPSA) is 89.3 Å². The molecule has 7 heteroatoms. The summed E-state index contributed by atoms with van der Waals surface area (Å²) in [6, 6.07) is 14.0. The molecule has 1 unspecified atom stereocenters. The standard InChI is InChI=1S/C19H21N3O4/c1-3-25-19(24)14(2)21-22-16-9-10-18(17(11-16)20-13-23)26-12-15-7-5-4-6-8-15/h4-11,13-14H,3,12H2,1-2H3,(H,20,23). The Kier molecular flexibility index (Phi) is 7.30. The summed E-state index contributed by atoms with van der Waals surface area (Å²) in [5.41, 5.74) is 1.96. The van der Waals surface area contributed by atoms with Crippen LogP contribution in [-0.2, 0) is 20.9 Å². The minimum Gasteiger partial charge on any atom is -0.487 e. The Morgan fingerprint density at radius 2 is 2.00 bits per heavy atom. The number of esters is 1. The second-order valence-corrected chi connectivity index (χ2v) is 5.36. The molecule has 0 aliphatic heterocycles. The number of hydrogen-bond donors (Lipinski definition) is 1. The molecule has 0 aromatic heterocycles. The number of azo groups is 1. The molecule has 0 bridgehead atoms. The lowest BCUT2D eigenvalue weighted by molar-refractivity contribution is -0.144. The second kappa shape index (κ2) is 9.93. The van der Waals surface area contributed by atoms with Gasteiger partial charge in [0.15, 0.2) is 6.04 Å². The molecule has 136 valence electrons. The molecule has 0 radical (unpaired) electrons. The van der Waals surface area contributed by atoms with Gasteiger partial charge in [0.05, 0.1) is 18.0 Å². The number of nitrogens with zero attached hydrogens (tertiary/aromatic N) is 2. The molecule has 7 nitrogen and oxygen atoms in total. The van der Waals surface area contributed by atoms with Crippen LogP contribution in [0, 0.1) is 0 Å². The first-order chi connectivity index (χ1) is 12.6. The molecule has 0 fully saturated rings. The molecule has 1 N–H and O–H groups in total. The minimum atomic E-state index is -0.702. The average Bonchev–Trinajstić information content (AvgIpc) is 2.66. The number of benzene rings is 2. The monoisotopic (exact) mass is 355 g/mol. The molecular formula is C19H21N3O4. The van der Waals surface area contributed by atoms with Gasteiger partial charge in [0, 0.05) is 0 Å². The van der Waals surface area contributed by atoms with E-state index in [1.54, 1.807) is 32.0 Å². The maximum absolute atomic E-state index is 11.6. The van der Waals surface area contributed by atoms with Crippen molar-refractivity contribution in [2.45, 2.75) is 26.5 Å². The van der Waals surface area contributed by atoms with Crippen LogP contribution in [-0.4, -0.2) is 25.0 Å². The van der Waals surface area contributed by atoms with Crippen LogP contribution >= 0.6 is 0 Å². The van der Waals surface area contributed by atoms with E-state index in [2.05, 4.69) is 15.5 Å². The van der Waals surface area contributed by atoms with Crippen molar-refractivity contribution >= 4 is 23.8 Å². The number of anilines is 1. The lowest BCUT2D eigenvalue weighted by Gasteiger charge is -2.11. The molecule has 0 aliphatic rings. The summed E-state index contributed by atoms with van der Waals surface area (Å²) >= 11 is 0. The summed E-state index contributed by atoms with van der Waals surface area (Å²) in [4.78, 5) is 22.4. The molecule has 2 aromatic rings. The molecule has 0 heterocycles. The Balaban J connectivity index is 2.09. The number of carbonyl (C=O) groups is 2. The van der Waals surface area contributed by atoms with E-state index in [1.807, 2.05) is 30.3 Å². The van der Waals surface area contributed by atoms with Gasteiger partial charge in [-0.2, -0.15) is 10.2 Å². The van der Waals surface area contributed by atoms with Gasteiger partial charge < -0.3 is 14.8 Å². The third-order valence-corrected chi connectivity index (χ3v) is 3.39. The second-order valence-electron chi connectivity index (χ2n) is 5.36. The Labute approximate surface area is 152 Å². The van der Waals surface area contributed by atoms with Crippen molar-refractivity contribution < 1.29 is 19.1 Å². The van der Waals surface area contributed by atoms with Gasteiger partial charge in [0.1, 0.15) is 12.4 Å². The molecule has 1 amide bonds. The highest BCUT2D eigenvalue weighted by Crippen LogP contribution is 2.30. The number of amides is 1. The zero-order chi connectivity index (χ0) is 18.8. The fourth-order valence-corrected chi connectivity index (χ4v) is 2.08. The van der Waals surface area contributed by atoms with Crippen molar-refractivity contribution in [1.29, 1.82) is 0 Å². The summed E-state index contributed by atoms with van der Waals surface area (Å²) in [5, 5.41) is 10.5. The summed E-state index contributed by atoms with van der Waals surface area (Å²) in [5.74, 6) is 0.0728. The fraction of sp³-hybridized carbons (Fsp3) is 0.263. The predicted molar refractivity (Wildman–Crippen MR) is 97.5 cm³/mol. The van der Waals surface area contributed by atoms with Gasteiger partial charge in [-0.3, -0.25) is 4.79 Å². The highest BCUT2D eigenvalue weighted by atomic mass is 16.5. The van der Waals surface area contributed by atoms with Crippen molar-refractivity contribution in [3.63, 3.8) is 0 Å². The van der Waals surface area contributed by atoms with Gasteiger partial charge in [-0.05, 0) is 37.6 Å². The van der Waals surface area contributed by atoms with Crippen LogP contribution in [0.15, 0.2) is 58.8 Å². The van der Waals surface area contributed by atoms with E-state index in [9.17, 15) is 9.59 Å². The van der Waals surface area contributed by atoms with E-state index in [0.717, 1.165) is 5.56 Å². The van der Waals surface area contributed by atoms with Gasteiger partial charge in [0.25, 0.3) is 0 Å². The Morgan fingerprint density at radius 1 is 1.23 bits per heavy atom. The third kappa shape index (κ3) is 5.70. The third-order valence-electron chi connectivity index (χ3n) is 3.39. The largest absolute Gasteiger partial charge is 0.487 e. The lowest BCUT2D eigenvalue weighted by Crippen LogP contribution is -2.17. The average molecular weight is 355 g/mol. The fourth-order valence-electron chi connectivity index (χ4n) is 2.08. The van der Waals surface area contributed by atoms with Crippen LogP contribution in [0.2, 0.25) is 0 Å². The summed E-state index contributed by atoms with van der Waals surface area (Å²) in [6.45, 7) is 3.99. The van der Waals surface area contributed by atoms with Crippen LogP contribution in [0.5, 0.6) is 5.75 Å². The quantitative estimate of drug-likeness (QED) is 0.420. The number of nitrogens with one attached hydrogen (secondary N) is 1. The zero-order valence-electron chi connectivity index (χ0n) is 14.7. The van der Waals surface area contributed by atoms with Crippen molar-refractivity contribution in [2.24, 2.45) is 10.2 Å². The van der Waals surface area contributed by atoms with Gasteiger partial charge in [0.2, 0.25) is 6.41 Å². The number of rotatable bonds is 9. The van der Waals surface area contributed by atoms with Crippen molar-refractivity contribution in [2.75, 3.05) is 11.9 Å². The molecule has 0 saturated heterocycles.